The molecule has 2 fully saturated rings. The Bertz CT molecular complexity index is 185. The Kier molecular flexibility index (Phi) is 1.81. The highest BCUT2D eigenvalue weighted by Gasteiger charge is 2.41. The van der Waals surface area contributed by atoms with Gasteiger partial charge in [0.15, 0.2) is 0 Å². The molecule has 2 aliphatic rings. The minimum Gasteiger partial charge on any atom is -0.379 e. The summed E-state index contributed by atoms with van der Waals surface area (Å²) in [5, 5.41) is 0.467. The first kappa shape index (κ1) is 7.43. The van der Waals surface area contributed by atoms with E-state index in [1.54, 1.807) is 7.11 Å². The Labute approximate surface area is 70.1 Å². The van der Waals surface area contributed by atoms with Gasteiger partial charge in [0.05, 0.1) is 17.9 Å². The number of ether oxygens (including phenoxy) is 1. The molecule has 62 valence electrons. The van der Waals surface area contributed by atoms with Crippen molar-refractivity contribution in [3.63, 3.8) is 0 Å². The maximum absolute atomic E-state index is 11.0. The average Bonchev–Trinajstić information content (AvgIpc) is 2.03. The molecule has 1 unspecified atom stereocenters. The molecule has 2 atom stereocenters. The lowest BCUT2D eigenvalue weighted by molar-refractivity contribution is -0.144. The van der Waals surface area contributed by atoms with E-state index in [9.17, 15) is 4.79 Å². The van der Waals surface area contributed by atoms with E-state index in [2.05, 4.69) is 0 Å². The summed E-state index contributed by atoms with van der Waals surface area (Å²) in [7, 11) is 1.70. The topological polar surface area (TPSA) is 29.5 Å². The summed E-state index contributed by atoms with van der Waals surface area (Å²) >= 11 is 1.83. The third-order valence-electron chi connectivity index (χ3n) is 2.23. The van der Waals surface area contributed by atoms with E-state index in [1.807, 2.05) is 16.7 Å². The van der Waals surface area contributed by atoms with Crippen LogP contribution in [0.15, 0.2) is 0 Å². The minimum atomic E-state index is 0.250. The van der Waals surface area contributed by atoms with Crippen molar-refractivity contribution >= 4 is 17.7 Å². The van der Waals surface area contributed by atoms with Crippen LogP contribution in [-0.4, -0.2) is 41.7 Å². The zero-order valence-electron chi connectivity index (χ0n) is 6.45. The van der Waals surface area contributed by atoms with Gasteiger partial charge in [-0.1, -0.05) is 0 Å². The lowest BCUT2D eigenvalue weighted by atomic mass is 10.1. The molecule has 2 saturated heterocycles. The van der Waals surface area contributed by atoms with Crippen LogP contribution in [0.2, 0.25) is 0 Å². The number of carbonyl (C=O) groups is 1. The van der Waals surface area contributed by atoms with E-state index in [4.69, 9.17) is 4.74 Å². The van der Waals surface area contributed by atoms with Crippen molar-refractivity contribution in [3.8, 4) is 0 Å². The molecule has 2 aliphatic heterocycles. The van der Waals surface area contributed by atoms with Crippen LogP contribution in [0.5, 0.6) is 0 Å². The fourth-order valence-electron chi connectivity index (χ4n) is 1.43. The standard InChI is InChI=1S/C7H11NO2S/c1-10-5-3-8-6(9)2-7(8)11-4-5/h5,7H,2-4H2,1H3/t5?,7-/m1/s1. The third kappa shape index (κ3) is 1.14. The summed E-state index contributed by atoms with van der Waals surface area (Å²) in [4.78, 5) is 12.9. The monoisotopic (exact) mass is 173 g/mol. The highest BCUT2D eigenvalue weighted by molar-refractivity contribution is 8.00. The number of hydrogen-bond acceptors (Lipinski definition) is 3. The molecule has 0 aromatic heterocycles. The van der Waals surface area contributed by atoms with Gasteiger partial charge in [0.2, 0.25) is 5.91 Å². The summed E-state index contributed by atoms with van der Waals surface area (Å²) in [5.41, 5.74) is 0. The summed E-state index contributed by atoms with van der Waals surface area (Å²) in [5.74, 6) is 1.31. The van der Waals surface area contributed by atoms with E-state index >= 15 is 0 Å². The fraction of sp³-hybridized carbons (Fsp3) is 0.857. The molecular weight excluding hydrogens is 162 g/mol. The number of carbonyl (C=O) groups excluding carboxylic acids is 1. The highest BCUT2D eigenvalue weighted by Crippen LogP contribution is 2.34. The van der Waals surface area contributed by atoms with E-state index in [-0.39, 0.29) is 12.0 Å². The van der Waals surface area contributed by atoms with Gasteiger partial charge in [-0.15, -0.1) is 11.8 Å². The molecule has 11 heavy (non-hydrogen) atoms. The van der Waals surface area contributed by atoms with E-state index < -0.39 is 0 Å². The van der Waals surface area contributed by atoms with Gasteiger partial charge in [-0.25, -0.2) is 0 Å². The quantitative estimate of drug-likeness (QED) is 0.534. The van der Waals surface area contributed by atoms with Crippen LogP contribution in [0.3, 0.4) is 0 Å². The molecule has 2 rings (SSSR count). The Morgan fingerprint density at radius 1 is 1.73 bits per heavy atom. The molecule has 0 radical (unpaired) electrons. The fourth-order valence-corrected chi connectivity index (χ4v) is 2.75. The van der Waals surface area contributed by atoms with Gasteiger partial charge in [-0.2, -0.15) is 0 Å². The molecular formula is C7H11NO2S. The third-order valence-corrected chi connectivity index (χ3v) is 3.60. The Morgan fingerprint density at radius 2 is 2.55 bits per heavy atom. The van der Waals surface area contributed by atoms with Crippen molar-refractivity contribution in [1.29, 1.82) is 0 Å². The van der Waals surface area contributed by atoms with E-state index in [1.165, 1.54) is 0 Å². The first-order chi connectivity index (χ1) is 5.31. The largest absolute Gasteiger partial charge is 0.379 e. The maximum Gasteiger partial charge on any atom is 0.226 e. The van der Waals surface area contributed by atoms with Gasteiger partial charge in [-0.05, 0) is 0 Å². The Morgan fingerprint density at radius 3 is 3.18 bits per heavy atom. The minimum absolute atomic E-state index is 0.250. The summed E-state index contributed by atoms with van der Waals surface area (Å²) in [6.07, 6.45) is 0.988. The van der Waals surface area contributed by atoms with Crippen LogP contribution in [0, 0.1) is 0 Å². The first-order valence-electron chi connectivity index (χ1n) is 3.75. The molecule has 3 nitrogen and oxygen atoms in total. The molecule has 2 heterocycles. The molecule has 0 bridgehead atoms. The molecule has 4 heteroatoms. The van der Waals surface area contributed by atoms with E-state index in [0.717, 1.165) is 18.7 Å². The van der Waals surface area contributed by atoms with Crippen LogP contribution in [-0.2, 0) is 9.53 Å². The van der Waals surface area contributed by atoms with Crippen LogP contribution in [0.4, 0.5) is 0 Å². The normalized spacial score (nSPS) is 36.5. The number of rotatable bonds is 1. The van der Waals surface area contributed by atoms with Gasteiger partial charge < -0.3 is 9.64 Å². The van der Waals surface area contributed by atoms with Gasteiger partial charge in [-0.3, -0.25) is 4.79 Å². The van der Waals surface area contributed by atoms with Crippen molar-refractivity contribution in [2.75, 3.05) is 19.4 Å². The molecule has 0 aliphatic carbocycles. The Balaban J connectivity index is 1.94. The summed E-state index contributed by atoms with van der Waals surface area (Å²) < 4.78 is 5.18. The second kappa shape index (κ2) is 2.68. The van der Waals surface area contributed by atoms with Gasteiger partial charge in [0.25, 0.3) is 0 Å². The lowest BCUT2D eigenvalue weighted by Gasteiger charge is -2.45. The number of fused-ring (bicyclic) bond motifs is 1. The average molecular weight is 173 g/mol. The van der Waals surface area contributed by atoms with Crippen molar-refractivity contribution in [2.45, 2.75) is 17.9 Å². The predicted octanol–water partition coefficient (Wildman–Crippen LogP) is 0.307. The molecule has 0 N–H and O–H groups in total. The SMILES string of the molecule is COC1CS[C@@H]2CC(=O)N2C1. The summed E-state index contributed by atoms with van der Waals surface area (Å²) in [6.45, 7) is 0.799. The highest BCUT2D eigenvalue weighted by atomic mass is 32.2. The first-order valence-corrected chi connectivity index (χ1v) is 4.80. The molecule has 0 spiro atoms. The van der Waals surface area contributed by atoms with Crippen LogP contribution < -0.4 is 0 Å². The molecule has 0 saturated carbocycles. The van der Waals surface area contributed by atoms with Crippen molar-refractivity contribution in [1.82, 2.24) is 4.90 Å². The molecule has 0 aromatic carbocycles. The Hall–Kier alpha value is -0.220. The number of amides is 1. The predicted molar refractivity (Wildman–Crippen MR) is 43.4 cm³/mol. The molecule has 0 aromatic rings. The van der Waals surface area contributed by atoms with E-state index in [0.29, 0.717) is 5.37 Å². The second-order valence-corrected chi connectivity index (χ2v) is 4.11. The second-order valence-electron chi connectivity index (χ2n) is 2.90. The number of thioether (sulfide) groups is 1. The van der Waals surface area contributed by atoms with Crippen LogP contribution in [0.1, 0.15) is 6.42 Å². The number of hydrogen-bond donors (Lipinski definition) is 0. The lowest BCUT2D eigenvalue weighted by Crippen LogP contribution is -2.57. The zero-order chi connectivity index (χ0) is 7.84. The summed E-state index contributed by atoms with van der Waals surface area (Å²) in [6, 6.07) is 0. The van der Waals surface area contributed by atoms with Gasteiger partial charge >= 0.3 is 0 Å². The number of β-lactam (4-membered cyclic amide) rings is 1. The van der Waals surface area contributed by atoms with Crippen molar-refractivity contribution in [2.24, 2.45) is 0 Å². The molecule has 1 amide bonds. The maximum atomic E-state index is 11.0. The smallest absolute Gasteiger partial charge is 0.226 e. The van der Waals surface area contributed by atoms with Crippen molar-refractivity contribution in [3.05, 3.63) is 0 Å². The van der Waals surface area contributed by atoms with Crippen LogP contribution >= 0.6 is 11.8 Å². The van der Waals surface area contributed by atoms with Gasteiger partial charge in [0, 0.05) is 19.4 Å². The number of nitrogens with zero attached hydrogens (tertiary/aromatic N) is 1. The van der Waals surface area contributed by atoms with Crippen molar-refractivity contribution < 1.29 is 9.53 Å². The zero-order valence-corrected chi connectivity index (χ0v) is 7.26. The van der Waals surface area contributed by atoms with Gasteiger partial charge in [0.1, 0.15) is 0 Å². The van der Waals surface area contributed by atoms with Crippen LogP contribution in [0.25, 0.3) is 0 Å². The number of methoxy groups -OCH3 is 1.